The lowest BCUT2D eigenvalue weighted by Gasteiger charge is -2.15. The number of benzene rings is 1. The van der Waals surface area contributed by atoms with Crippen LogP contribution < -0.4 is 10.6 Å². The molecule has 1 aromatic rings. The summed E-state index contributed by atoms with van der Waals surface area (Å²) in [5.41, 5.74) is 0.856. The Bertz CT molecular complexity index is 499. The predicted molar refractivity (Wildman–Crippen MR) is 84.3 cm³/mol. The Kier molecular flexibility index (Phi) is 7.84. The van der Waals surface area contributed by atoms with Crippen molar-refractivity contribution in [3.8, 4) is 12.3 Å². The number of hydrogen-bond acceptors (Lipinski definition) is 3. The van der Waals surface area contributed by atoms with Crippen LogP contribution >= 0.6 is 11.8 Å². The second-order valence-corrected chi connectivity index (χ2v) is 5.34. The van der Waals surface area contributed by atoms with Crippen molar-refractivity contribution in [3.05, 3.63) is 35.9 Å². The number of rotatable bonds is 8. The van der Waals surface area contributed by atoms with Crippen molar-refractivity contribution in [1.29, 1.82) is 0 Å². The van der Waals surface area contributed by atoms with Crippen molar-refractivity contribution in [1.82, 2.24) is 10.6 Å². The van der Waals surface area contributed by atoms with E-state index in [0.29, 0.717) is 18.1 Å². The number of thioether (sulfide) groups is 1. The molecule has 6 heteroatoms. The Morgan fingerprint density at radius 3 is 2.67 bits per heavy atom. The van der Waals surface area contributed by atoms with Gasteiger partial charge in [0.2, 0.25) is 0 Å². The number of carboxylic acids is 1. The number of urea groups is 1. The molecule has 0 heterocycles. The number of carbonyl (C=O) groups is 2. The molecule has 3 N–H and O–H groups in total. The first-order valence-electron chi connectivity index (χ1n) is 6.45. The van der Waals surface area contributed by atoms with E-state index >= 15 is 0 Å². The molecular formula is C15H18N2O3S. The van der Waals surface area contributed by atoms with Crippen molar-refractivity contribution in [2.45, 2.75) is 12.5 Å². The summed E-state index contributed by atoms with van der Waals surface area (Å²) < 4.78 is 0. The molecule has 0 saturated carbocycles. The molecule has 0 spiro atoms. The van der Waals surface area contributed by atoms with Crippen molar-refractivity contribution >= 4 is 23.8 Å². The average molecular weight is 306 g/mol. The molecule has 1 atom stereocenters. The Hall–Kier alpha value is -2.13. The summed E-state index contributed by atoms with van der Waals surface area (Å²) in [5, 5.41) is 14.2. The summed E-state index contributed by atoms with van der Waals surface area (Å²) in [6.45, 7) is 0.440. The highest BCUT2D eigenvalue weighted by Crippen LogP contribution is 2.03. The number of hydrogen-bond donors (Lipinski definition) is 3. The van der Waals surface area contributed by atoms with Crippen LogP contribution in [0.2, 0.25) is 0 Å². The zero-order valence-electron chi connectivity index (χ0n) is 11.5. The molecule has 1 aromatic carbocycles. The monoisotopic (exact) mass is 306 g/mol. The fourth-order valence-electron chi connectivity index (χ4n) is 1.63. The van der Waals surface area contributed by atoms with Crippen LogP contribution in [0.4, 0.5) is 4.79 Å². The number of carboxylic acid groups (broad SMARTS) is 1. The topological polar surface area (TPSA) is 78.4 Å². The van der Waals surface area contributed by atoms with E-state index in [1.807, 2.05) is 30.3 Å². The summed E-state index contributed by atoms with van der Waals surface area (Å²) >= 11 is 1.53. The van der Waals surface area contributed by atoms with Gasteiger partial charge in [-0.05, 0) is 5.56 Å². The zero-order chi connectivity index (χ0) is 15.5. The minimum absolute atomic E-state index is 0.245. The molecular weight excluding hydrogens is 288 g/mol. The maximum absolute atomic E-state index is 11.6. The Morgan fingerprint density at radius 2 is 2.05 bits per heavy atom. The maximum atomic E-state index is 11.6. The molecule has 0 unspecified atom stereocenters. The number of carbonyl (C=O) groups excluding carboxylic acids is 1. The van der Waals surface area contributed by atoms with Crippen LogP contribution in [0, 0.1) is 12.3 Å². The zero-order valence-corrected chi connectivity index (χ0v) is 12.4. The van der Waals surface area contributed by atoms with E-state index in [9.17, 15) is 9.59 Å². The van der Waals surface area contributed by atoms with Gasteiger partial charge >= 0.3 is 12.0 Å². The Morgan fingerprint density at radius 1 is 1.33 bits per heavy atom. The van der Waals surface area contributed by atoms with Gasteiger partial charge in [-0.15, -0.1) is 18.2 Å². The van der Waals surface area contributed by atoms with Gasteiger partial charge in [0.15, 0.2) is 0 Å². The van der Waals surface area contributed by atoms with E-state index in [-0.39, 0.29) is 6.42 Å². The van der Waals surface area contributed by atoms with Crippen LogP contribution in [0.1, 0.15) is 5.56 Å². The quantitative estimate of drug-likeness (QED) is 0.500. The molecule has 0 saturated heterocycles. The van der Waals surface area contributed by atoms with E-state index in [0.717, 1.165) is 5.56 Å². The molecule has 5 nitrogen and oxygen atoms in total. The van der Waals surface area contributed by atoms with Gasteiger partial charge in [0.05, 0.1) is 5.75 Å². The van der Waals surface area contributed by atoms with E-state index in [1.54, 1.807) is 0 Å². The highest BCUT2D eigenvalue weighted by Gasteiger charge is 2.19. The normalized spacial score (nSPS) is 11.2. The molecule has 0 bridgehead atoms. The third-order valence-electron chi connectivity index (χ3n) is 2.60. The van der Waals surface area contributed by atoms with Gasteiger partial charge in [-0.2, -0.15) is 0 Å². The number of aliphatic carboxylic acids is 1. The van der Waals surface area contributed by atoms with Crippen LogP contribution in [0.5, 0.6) is 0 Å². The first kappa shape index (κ1) is 16.9. The van der Waals surface area contributed by atoms with Crippen molar-refractivity contribution in [2.24, 2.45) is 0 Å². The third-order valence-corrected chi connectivity index (χ3v) is 3.47. The van der Waals surface area contributed by atoms with Crippen LogP contribution in [0.15, 0.2) is 30.3 Å². The van der Waals surface area contributed by atoms with Gasteiger partial charge in [-0.25, -0.2) is 9.59 Å². The van der Waals surface area contributed by atoms with Crippen LogP contribution in [0.25, 0.3) is 0 Å². The molecule has 1 rings (SSSR count). The highest BCUT2D eigenvalue weighted by atomic mass is 32.2. The summed E-state index contributed by atoms with van der Waals surface area (Å²) in [7, 11) is 0. The summed E-state index contributed by atoms with van der Waals surface area (Å²) in [5.74, 6) is 2.71. The molecule has 21 heavy (non-hydrogen) atoms. The lowest BCUT2D eigenvalue weighted by molar-refractivity contribution is -0.139. The third kappa shape index (κ3) is 7.28. The van der Waals surface area contributed by atoms with Gasteiger partial charge in [0.1, 0.15) is 6.04 Å². The lowest BCUT2D eigenvalue weighted by Crippen LogP contribution is -2.47. The fourth-order valence-corrected chi connectivity index (χ4v) is 2.14. The second kappa shape index (κ2) is 9.72. The standard InChI is InChI=1S/C15H18N2O3S/c1-2-9-21-10-8-16-15(20)17-13(14(18)19)11-12-6-4-3-5-7-12/h1,3-7,13H,8-11H2,(H,18,19)(H2,16,17,20)/t13-/m0/s1. The van der Waals surface area contributed by atoms with Crippen molar-refractivity contribution in [2.75, 3.05) is 18.1 Å². The fraction of sp³-hybridized carbons (Fsp3) is 0.333. The molecule has 0 aliphatic heterocycles. The SMILES string of the molecule is C#CCSCCNC(=O)N[C@@H](Cc1ccccc1)C(=O)O. The Labute approximate surface area is 128 Å². The average Bonchev–Trinajstić information content (AvgIpc) is 2.47. The maximum Gasteiger partial charge on any atom is 0.326 e. The largest absolute Gasteiger partial charge is 0.480 e. The van der Waals surface area contributed by atoms with Gasteiger partial charge in [0.25, 0.3) is 0 Å². The van der Waals surface area contributed by atoms with E-state index in [2.05, 4.69) is 16.6 Å². The number of nitrogens with one attached hydrogen (secondary N) is 2. The first-order valence-corrected chi connectivity index (χ1v) is 7.61. The smallest absolute Gasteiger partial charge is 0.326 e. The number of amides is 2. The van der Waals surface area contributed by atoms with E-state index < -0.39 is 18.0 Å². The number of terminal acetylenes is 1. The molecule has 0 aliphatic rings. The molecule has 2 amide bonds. The van der Waals surface area contributed by atoms with E-state index in [4.69, 9.17) is 11.5 Å². The molecule has 0 fully saturated rings. The van der Waals surface area contributed by atoms with Gasteiger partial charge < -0.3 is 15.7 Å². The van der Waals surface area contributed by atoms with E-state index in [1.165, 1.54) is 11.8 Å². The minimum Gasteiger partial charge on any atom is -0.480 e. The Balaban J connectivity index is 2.38. The second-order valence-electron chi connectivity index (χ2n) is 4.24. The van der Waals surface area contributed by atoms with Gasteiger partial charge in [-0.1, -0.05) is 36.3 Å². The summed E-state index contributed by atoms with van der Waals surface area (Å²) in [4.78, 5) is 22.8. The van der Waals surface area contributed by atoms with Crippen LogP contribution in [-0.2, 0) is 11.2 Å². The van der Waals surface area contributed by atoms with Gasteiger partial charge in [0, 0.05) is 18.7 Å². The summed E-state index contributed by atoms with van der Waals surface area (Å²) in [6.07, 6.45) is 5.35. The van der Waals surface area contributed by atoms with Crippen molar-refractivity contribution in [3.63, 3.8) is 0 Å². The first-order chi connectivity index (χ1) is 10.1. The van der Waals surface area contributed by atoms with Crippen LogP contribution in [-0.4, -0.2) is 41.2 Å². The highest BCUT2D eigenvalue weighted by molar-refractivity contribution is 7.99. The van der Waals surface area contributed by atoms with Crippen molar-refractivity contribution < 1.29 is 14.7 Å². The molecule has 112 valence electrons. The molecule has 0 aromatic heterocycles. The summed E-state index contributed by atoms with van der Waals surface area (Å²) in [6, 6.07) is 7.73. The van der Waals surface area contributed by atoms with Gasteiger partial charge in [-0.3, -0.25) is 0 Å². The molecule has 0 radical (unpaired) electrons. The molecule has 0 aliphatic carbocycles. The minimum atomic E-state index is -1.06. The predicted octanol–water partition coefficient (Wildman–Crippen LogP) is 1.35. The lowest BCUT2D eigenvalue weighted by atomic mass is 10.1. The van der Waals surface area contributed by atoms with Crippen LogP contribution in [0.3, 0.4) is 0 Å².